The van der Waals surface area contributed by atoms with E-state index in [0.29, 0.717) is 18.5 Å². The Labute approximate surface area is 180 Å². The van der Waals surface area contributed by atoms with Crippen molar-refractivity contribution in [2.45, 2.75) is 52.0 Å². The first kappa shape index (κ1) is 21.0. The zero-order valence-corrected chi connectivity index (χ0v) is 17.8. The number of fused-ring (bicyclic) bond motifs is 1. The largest absolute Gasteiger partial charge is 0.324 e. The number of aromatic nitrogens is 2. The van der Waals surface area contributed by atoms with Gasteiger partial charge in [-0.25, -0.2) is 9.07 Å². The number of nitrogens with one attached hydrogen (secondary N) is 1. The van der Waals surface area contributed by atoms with Crippen LogP contribution in [0.25, 0.3) is 11.3 Å². The Morgan fingerprint density at radius 1 is 1.06 bits per heavy atom. The first-order valence-electron chi connectivity index (χ1n) is 10.8. The second-order valence-corrected chi connectivity index (χ2v) is 8.05. The predicted molar refractivity (Wildman–Crippen MR) is 120 cm³/mol. The van der Waals surface area contributed by atoms with Crippen molar-refractivity contribution in [2.75, 3.05) is 5.32 Å². The molecule has 160 valence electrons. The number of carbonyl (C=O) groups excluding carboxylic acids is 1. The van der Waals surface area contributed by atoms with Crippen molar-refractivity contribution in [1.29, 1.82) is 0 Å². The minimum atomic E-state index is -0.756. The van der Waals surface area contributed by atoms with E-state index in [1.54, 1.807) is 0 Å². The van der Waals surface area contributed by atoms with Gasteiger partial charge in [0.05, 0.1) is 5.69 Å². The average Bonchev–Trinajstić information content (AvgIpc) is 2.78. The zero-order valence-electron chi connectivity index (χ0n) is 17.8. The molecule has 31 heavy (non-hydrogen) atoms. The van der Waals surface area contributed by atoms with Gasteiger partial charge in [-0.3, -0.25) is 9.59 Å². The lowest BCUT2D eigenvalue weighted by Gasteiger charge is -2.23. The number of hydrogen-bond donors (Lipinski definition) is 1. The number of hydrogen-bond acceptors (Lipinski definition) is 3. The standard InChI is InChI=1S/C25H26FN3O2/c1-3-22(24(30)27-19-14-12-18(26)13-15-19)29-25(31)21-7-5-4-6-20(21)23(28-29)17-10-8-16(2)9-11-17/h8-15,22H,3-7H2,1-2H3,(H,27,30)/t22-/m0/s1. The summed E-state index contributed by atoms with van der Waals surface area (Å²) in [5.74, 6) is -0.713. The van der Waals surface area contributed by atoms with Crippen LogP contribution in [0.1, 0.15) is 48.9 Å². The molecule has 5 nitrogen and oxygen atoms in total. The maximum atomic E-state index is 13.3. The monoisotopic (exact) mass is 419 g/mol. The molecule has 0 fully saturated rings. The number of nitrogens with zero attached hydrogens (tertiary/aromatic N) is 2. The van der Waals surface area contributed by atoms with Crippen LogP contribution in [0.3, 0.4) is 0 Å². The Bertz CT molecular complexity index is 1150. The van der Waals surface area contributed by atoms with E-state index in [1.807, 2.05) is 38.1 Å². The van der Waals surface area contributed by atoms with Crippen LogP contribution >= 0.6 is 0 Å². The third-order valence-corrected chi connectivity index (χ3v) is 5.85. The van der Waals surface area contributed by atoms with Crippen LogP contribution in [0.15, 0.2) is 53.3 Å². The van der Waals surface area contributed by atoms with Gasteiger partial charge < -0.3 is 5.32 Å². The lowest BCUT2D eigenvalue weighted by Crippen LogP contribution is -2.38. The highest BCUT2D eigenvalue weighted by atomic mass is 19.1. The SMILES string of the molecule is CC[C@@H](C(=O)Nc1ccc(F)cc1)n1nc(-c2ccc(C)cc2)c2c(c1=O)CCCC2. The first-order chi connectivity index (χ1) is 15.0. The summed E-state index contributed by atoms with van der Waals surface area (Å²) in [6.07, 6.45) is 3.91. The van der Waals surface area contributed by atoms with E-state index in [2.05, 4.69) is 5.32 Å². The van der Waals surface area contributed by atoms with E-state index in [9.17, 15) is 14.0 Å². The summed E-state index contributed by atoms with van der Waals surface area (Å²) in [7, 11) is 0. The Balaban J connectivity index is 1.77. The van der Waals surface area contributed by atoms with E-state index < -0.39 is 6.04 Å². The third kappa shape index (κ3) is 4.29. The van der Waals surface area contributed by atoms with E-state index in [4.69, 9.17) is 5.10 Å². The Morgan fingerprint density at radius 3 is 2.35 bits per heavy atom. The van der Waals surface area contributed by atoms with Crippen molar-refractivity contribution in [3.05, 3.63) is 81.4 Å². The molecule has 1 N–H and O–H groups in total. The number of amides is 1. The summed E-state index contributed by atoms with van der Waals surface area (Å²) in [6.45, 7) is 3.88. The molecule has 4 rings (SSSR count). The highest BCUT2D eigenvalue weighted by molar-refractivity contribution is 5.93. The second-order valence-electron chi connectivity index (χ2n) is 8.05. The minimum absolute atomic E-state index is 0.188. The predicted octanol–water partition coefficient (Wildman–Crippen LogP) is 4.83. The highest BCUT2D eigenvalue weighted by Crippen LogP contribution is 2.29. The fourth-order valence-electron chi connectivity index (χ4n) is 4.14. The maximum Gasteiger partial charge on any atom is 0.271 e. The second kappa shape index (κ2) is 8.84. The summed E-state index contributed by atoms with van der Waals surface area (Å²) in [5, 5.41) is 7.50. The zero-order chi connectivity index (χ0) is 22.0. The van der Waals surface area contributed by atoms with Crippen LogP contribution in [0.4, 0.5) is 10.1 Å². The molecule has 1 atom stereocenters. The topological polar surface area (TPSA) is 64.0 Å². The van der Waals surface area contributed by atoms with Crippen molar-refractivity contribution >= 4 is 11.6 Å². The molecular weight excluding hydrogens is 393 g/mol. The number of anilines is 1. The van der Waals surface area contributed by atoms with Gasteiger partial charge in [-0.05, 0) is 68.9 Å². The molecule has 3 aromatic rings. The Morgan fingerprint density at radius 2 is 1.71 bits per heavy atom. The van der Waals surface area contributed by atoms with Crippen molar-refractivity contribution in [2.24, 2.45) is 0 Å². The summed E-state index contributed by atoms with van der Waals surface area (Å²) < 4.78 is 14.5. The molecular formula is C25H26FN3O2. The molecule has 0 radical (unpaired) electrons. The highest BCUT2D eigenvalue weighted by Gasteiger charge is 2.27. The molecule has 0 spiro atoms. The number of benzene rings is 2. The fourth-order valence-corrected chi connectivity index (χ4v) is 4.14. The van der Waals surface area contributed by atoms with Gasteiger partial charge in [0, 0.05) is 16.8 Å². The van der Waals surface area contributed by atoms with Crippen molar-refractivity contribution in [1.82, 2.24) is 9.78 Å². The van der Waals surface area contributed by atoms with Gasteiger partial charge in [0.15, 0.2) is 0 Å². The summed E-state index contributed by atoms with van der Waals surface area (Å²) >= 11 is 0. The molecule has 0 saturated heterocycles. The summed E-state index contributed by atoms with van der Waals surface area (Å²) in [4.78, 5) is 26.4. The van der Waals surface area contributed by atoms with Crippen molar-refractivity contribution in [3.8, 4) is 11.3 Å². The average molecular weight is 420 g/mol. The molecule has 2 aromatic carbocycles. The molecule has 0 bridgehead atoms. The smallest absolute Gasteiger partial charge is 0.271 e. The van der Waals surface area contributed by atoms with Gasteiger partial charge in [0.2, 0.25) is 5.91 Å². The van der Waals surface area contributed by atoms with Gasteiger partial charge in [-0.1, -0.05) is 36.8 Å². The van der Waals surface area contributed by atoms with E-state index in [-0.39, 0.29) is 17.3 Å². The first-order valence-corrected chi connectivity index (χ1v) is 10.8. The molecule has 1 aliphatic carbocycles. The number of rotatable bonds is 5. The molecule has 1 aliphatic rings. The van der Waals surface area contributed by atoms with E-state index in [1.165, 1.54) is 28.9 Å². The maximum absolute atomic E-state index is 13.3. The number of halogens is 1. The molecule has 1 aromatic heterocycles. The fraction of sp³-hybridized carbons (Fsp3) is 0.320. The quantitative estimate of drug-likeness (QED) is 0.644. The van der Waals surface area contributed by atoms with Crippen LogP contribution in [0.2, 0.25) is 0 Å². The lowest BCUT2D eigenvalue weighted by molar-refractivity contribution is -0.119. The molecule has 1 amide bonds. The Kier molecular flexibility index (Phi) is 5.98. The van der Waals surface area contributed by atoms with Crippen molar-refractivity contribution < 1.29 is 9.18 Å². The Hall–Kier alpha value is -3.28. The summed E-state index contributed by atoms with van der Waals surface area (Å²) in [6, 6.07) is 12.9. The van der Waals surface area contributed by atoms with Crippen LogP contribution in [-0.2, 0) is 17.6 Å². The van der Waals surface area contributed by atoms with Gasteiger partial charge in [-0.2, -0.15) is 5.10 Å². The van der Waals surface area contributed by atoms with Crippen LogP contribution < -0.4 is 10.9 Å². The van der Waals surface area contributed by atoms with Gasteiger partial charge in [-0.15, -0.1) is 0 Å². The lowest BCUT2D eigenvalue weighted by atomic mass is 9.89. The molecule has 1 heterocycles. The third-order valence-electron chi connectivity index (χ3n) is 5.85. The summed E-state index contributed by atoms with van der Waals surface area (Å²) in [5.41, 5.74) is 4.95. The number of aryl methyl sites for hydroxylation is 1. The van der Waals surface area contributed by atoms with E-state index in [0.717, 1.165) is 47.2 Å². The van der Waals surface area contributed by atoms with Crippen LogP contribution in [0.5, 0.6) is 0 Å². The van der Waals surface area contributed by atoms with Gasteiger partial charge in [0.25, 0.3) is 5.56 Å². The van der Waals surface area contributed by atoms with Gasteiger partial charge in [0.1, 0.15) is 11.9 Å². The van der Waals surface area contributed by atoms with Gasteiger partial charge >= 0.3 is 0 Å². The molecule has 0 unspecified atom stereocenters. The molecule has 0 saturated carbocycles. The number of carbonyl (C=O) groups is 1. The van der Waals surface area contributed by atoms with Crippen LogP contribution in [-0.4, -0.2) is 15.7 Å². The van der Waals surface area contributed by atoms with E-state index >= 15 is 0 Å². The molecule has 6 heteroatoms. The molecule has 0 aliphatic heterocycles. The normalized spacial score (nSPS) is 14.0. The van der Waals surface area contributed by atoms with Crippen LogP contribution in [0, 0.1) is 12.7 Å². The minimum Gasteiger partial charge on any atom is -0.324 e. The van der Waals surface area contributed by atoms with Crippen molar-refractivity contribution in [3.63, 3.8) is 0 Å².